The highest BCUT2D eigenvalue weighted by Gasteiger charge is 2.17. The Morgan fingerprint density at radius 1 is 1.00 bits per heavy atom. The van der Waals surface area contributed by atoms with Crippen LogP contribution in [-0.2, 0) is 6.42 Å². The lowest BCUT2D eigenvalue weighted by Crippen LogP contribution is -2.26. The van der Waals surface area contributed by atoms with Gasteiger partial charge >= 0.3 is 0 Å². The Hall–Kier alpha value is -2.76. The van der Waals surface area contributed by atoms with Crippen molar-refractivity contribution in [3.8, 4) is 17.2 Å². The Kier molecular flexibility index (Phi) is 6.01. The van der Waals surface area contributed by atoms with Crippen LogP contribution >= 0.6 is 0 Å². The third kappa shape index (κ3) is 3.95. The van der Waals surface area contributed by atoms with Crippen molar-refractivity contribution in [1.29, 1.82) is 0 Å². The van der Waals surface area contributed by atoms with Gasteiger partial charge in [-0.05, 0) is 36.2 Å². The van der Waals surface area contributed by atoms with E-state index in [9.17, 15) is 9.18 Å². The quantitative estimate of drug-likeness (QED) is 0.846. The zero-order valence-electron chi connectivity index (χ0n) is 13.9. The molecule has 24 heavy (non-hydrogen) atoms. The van der Waals surface area contributed by atoms with Gasteiger partial charge in [-0.2, -0.15) is 0 Å². The third-order valence-corrected chi connectivity index (χ3v) is 3.57. The molecule has 0 spiro atoms. The van der Waals surface area contributed by atoms with E-state index in [-0.39, 0.29) is 11.7 Å². The molecule has 0 aliphatic heterocycles. The maximum atomic E-state index is 13.7. The third-order valence-electron chi connectivity index (χ3n) is 3.57. The molecule has 128 valence electrons. The minimum atomic E-state index is -0.423. The summed E-state index contributed by atoms with van der Waals surface area (Å²) in [5.41, 5.74) is 1.10. The average Bonchev–Trinajstić information content (AvgIpc) is 2.60. The Morgan fingerprint density at radius 3 is 2.17 bits per heavy atom. The van der Waals surface area contributed by atoms with Crippen molar-refractivity contribution >= 4 is 5.91 Å². The molecule has 2 aromatic carbocycles. The second-order valence-electron chi connectivity index (χ2n) is 5.01. The van der Waals surface area contributed by atoms with Crippen LogP contribution in [0.3, 0.4) is 0 Å². The van der Waals surface area contributed by atoms with E-state index in [1.807, 2.05) is 0 Å². The van der Waals surface area contributed by atoms with Gasteiger partial charge in [0.2, 0.25) is 0 Å². The van der Waals surface area contributed by atoms with Crippen molar-refractivity contribution in [3.05, 3.63) is 53.3 Å². The predicted molar refractivity (Wildman–Crippen MR) is 88.5 cm³/mol. The van der Waals surface area contributed by atoms with Crippen LogP contribution in [0, 0.1) is 5.82 Å². The lowest BCUT2D eigenvalue weighted by molar-refractivity contribution is 0.0948. The molecule has 0 saturated carbocycles. The fraction of sp³-hybridized carbons (Fsp3) is 0.278. The van der Waals surface area contributed by atoms with Gasteiger partial charge in [-0.3, -0.25) is 4.79 Å². The van der Waals surface area contributed by atoms with Crippen molar-refractivity contribution < 1.29 is 23.4 Å². The predicted octanol–water partition coefficient (Wildman–Crippen LogP) is 2.82. The van der Waals surface area contributed by atoms with Gasteiger partial charge in [-0.25, -0.2) is 4.39 Å². The zero-order chi connectivity index (χ0) is 17.5. The molecule has 0 fully saturated rings. The first kappa shape index (κ1) is 17.6. The van der Waals surface area contributed by atoms with E-state index >= 15 is 0 Å². The second-order valence-corrected chi connectivity index (χ2v) is 5.01. The maximum absolute atomic E-state index is 13.7. The van der Waals surface area contributed by atoms with E-state index < -0.39 is 5.82 Å². The monoisotopic (exact) mass is 333 g/mol. The first-order chi connectivity index (χ1) is 11.6. The Bertz CT molecular complexity index is 696. The van der Waals surface area contributed by atoms with Crippen molar-refractivity contribution in [1.82, 2.24) is 5.32 Å². The summed E-state index contributed by atoms with van der Waals surface area (Å²) in [6, 6.07) is 9.85. The van der Waals surface area contributed by atoms with Gasteiger partial charge in [0.15, 0.2) is 11.6 Å². The maximum Gasteiger partial charge on any atom is 0.258 e. The topological polar surface area (TPSA) is 56.8 Å². The van der Waals surface area contributed by atoms with Gasteiger partial charge in [0, 0.05) is 6.54 Å². The summed E-state index contributed by atoms with van der Waals surface area (Å²) in [5.74, 6) is 0.331. The first-order valence-electron chi connectivity index (χ1n) is 7.42. The Morgan fingerprint density at radius 2 is 1.62 bits per heavy atom. The molecular formula is C18H20FNO4. The van der Waals surface area contributed by atoms with E-state index in [1.165, 1.54) is 27.4 Å². The van der Waals surface area contributed by atoms with E-state index in [1.54, 1.807) is 30.3 Å². The molecule has 1 amide bonds. The fourth-order valence-corrected chi connectivity index (χ4v) is 2.35. The Labute approximate surface area is 140 Å². The minimum Gasteiger partial charge on any atom is -0.496 e. The molecule has 0 heterocycles. The summed E-state index contributed by atoms with van der Waals surface area (Å²) >= 11 is 0. The van der Waals surface area contributed by atoms with Crippen LogP contribution in [0.5, 0.6) is 17.2 Å². The molecule has 0 radical (unpaired) electrons. The average molecular weight is 333 g/mol. The van der Waals surface area contributed by atoms with Gasteiger partial charge in [-0.1, -0.05) is 12.1 Å². The van der Waals surface area contributed by atoms with E-state index in [0.29, 0.717) is 30.0 Å². The summed E-state index contributed by atoms with van der Waals surface area (Å²) < 4.78 is 29.0. The number of amides is 1. The number of carbonyl (C=O) groups is 1. The number of methoxy groups -OCH3 is 3. The second kappa shape index (κ2) is 8.19. The molecule has 2 aromatic rings. The standard InChI is InChI=1S/C18H20FNO4/c1-22-14-8-7-12(11-13(14)19)9-10-20-18(21)17-15(23-2)5-4-6-16(17)24-3/h4-8,11H,9-10H2,1-3H3,(H,20,21). The van der Waals surface area contributed by atoms with Crippen molar-refractivity contribution in [3.63, 3.8) is 0 Å². The summed E-state index contributed by atoms with van der Waals surface area (Å²) in [7, 11) is 4.40. The van der Waals surface area contributed by atoms with Crippen LogP contribution in [-0.4, -0.2) is 33.8 Å². The number of benzene rings is 2. The van der Waals surface area contributed by atoms with E-state index in [4.69, 9.17) is 14.2 Å². The van der Waals surface area contributed by atoms with Gasteiger partial charge in [-0.15, -0.1) is 0 Å². The lowest BCUT2D eigenvalue weighted by atomic mass is 10.1. The van der Waals surface area contributed by atoms with Crippen LogP contribution in [0.4, 0.5) is 4.39 Å². The van der Waals surface area contributed by atoms with Crippen LogP contribution in [0.1, 0.15) is 15.9 Å². The number of hydrogen-bond acceptors (Lipinski definition) is 4. The molecule has 0 atom stereocenters. The normalized spacial score (nSPS) is 10.2. The molecular weight excluding hydrogens is 313 g/mol. The molecule has 0 aromatic heterocycles. The number of rotatable bonds is 7. The number of halogens is 1. The molecule has 6 heteroatoms. The number of nitrogens with one attached hydrogen (secondary N) is 1. The van der Waals surface area contributed by atoms with Gasteiger partial charge in [0.1, 0.15) is 17.1 Å². The molecule has 2 rings (SSSR count). The minimum absolute atomic E-state index is 0.196. The fourth-order valence-electron chi connectivity index (χ4n) is 2.35. The van der Waals surface area contributed by atoms with Crippen molar-refractivity contribution in [2.45, 2.75) is 6.42 Å². The zero-order valence-corrected chi connectivity index (χ0v) is 13.9. The van der Waals surface area contributed by atoms with Gasteiger partial charge in [0.05, 0.1) is 21.3 Å². The highest BCUT2D eigenvalue weighted by atomic mass is 19.1. The van der Waals surface area contributed by atoms with Gasteiger partial charge in [0.25, 0.3) is 5.91 Å². The highest BCUT2D eigenvalue weighted by Crippen LogP contribution is 2.27. The number of ether oxygens (including phenoxy) is 3. The van der Waals surface area contributed by atoms with Crippen LogP contribution in [0.2, 0.25) is 0 Å². The Balaban J connectivity index is 2.02. The summed E-state index contributed by atoms with van der Waals surface area (Å²) in [5, 5.41) is 2.79. The van der Waals surface area contributed by atoms with Crippen LogP contribution in [0.25, 0.3) is 0 Å². The molecule has 0 unspecified atom stereocenters. The number of hydrogen-bond donors (Lipinski definition) is 1. The molecule has 0 bridgehead atoms. The molecule has 0 aliphatic rings. The first-order valence-corrected chi connectivity index (χ1v) is 7.42. The van der Waals surface area contributed by atoms with E-state index in [2.05, 4.69) is 5.32 Å². The van der Waals surface area contributed by atoms with Crippen LogP contribution in [0.15, 0.2) is 36.4 Å². The van der Waals surface area contributed by atoms with E-state index in [0.717, 1.165) is 5.56 Å². The molecule has 0 saturated heterocycles. The van der Waals surface area contributed by atoms with Gasteiger partial charge < -0.3 is 19.5 Å². The summed E-state index contributed by atoms with van der Waals surface area (Å²) in [6.45, 7) is 0.353. The molecule has 1 N–H and O–H groups in total. The molecule has 0 aliphatic carbocycles. The highest BCUT2D eigenvalue weighted by molar-refractivity contribution is 5.99. The summed E-state index contributed by atoms with van der Waals surface area (Å²) in [6.07, 6.45) is 0.490. The smallest absolute Gasteiger partial charge is 0.258 e. The number of carbonyl (C=O) groups excluding carboxylic acids is 1. The van der Waals surface area contributed by atoms with Crippen molar-refractivity contribution in [2.75, 3.05) is 27.9 Å². The largest absolute Gasteiger partial charge is 0.496 e. The van der Waals surface area contributed by atoms with Crippen LogP contribution < -0.4 is 19.5 Å². The SMILES string of the molecule is COc1ccc(CCNC(=O)c2c(OC)cccc2OC)cc1F. The summed E-state index contributed by atoms with van der Waals surface area (Å²) in [4.78, 5) is 12.4. The molecule has 5 nitrogen and oxygen atoms in total. The lowest BCUT2D eigenvalue weighted by Gasteiger charge is -2.13. The van der Waals surface area contributed by atoms with Crippen molar-refractivity contribution in [2.24, 2.45) is 0 Å².